The van der Waals surface area contributed by atoms with Gasteiger partial charge in [-0.2, -0.15) is 0 Å². The van der Waals surface area contributed by atoms with Crippen LogP contribution in [-0.4, -0.2) is 24.7 Å². The summed E-state index contributed by atoms with van der Waals surface area (Å²) < 4.78 is 5.08. The van der Waals surface area contributed by atoms with Crippen LogP contribution in [0.3, 0.4) is 0 Å². The lowest BCUT2D eigenvalue weighted by Gasteiger charge is -2.05. The molecular weight excluding hydrogens is 286 g/mol. The summed E-state index contributed by atoms with van der Waals surface area (Å²) >= 11 is 1.31. The van der Waals surface area contributed by atoms with Crippen LogP contribution in [0.2, 0.25) is 0 Å². The van der Waals surface area contributed by atoms with Gasteiger partial charge in [-0.05, 0) is 29.8 Å². The Balaban J connectivity index is 1.93. The molecule has 0 saturated carbocycles. The number of hydrogen-bond acceptors (Lipinski definition) is 4. The molecule has 21 heavy (non-hydrogen) atoms. The third-order valence-electron chi connectivity index (χ3n) is 2.73. The van der Waals surface area contributed by atoms with Gasteiger partial charge in [0.05, 0.1) is 16.9 Å². The Morgan fingerprint density at radius 3 is 2.71 bits per heavy atom. The minimum absolute atomic E-state index is 0.132. The van der Waals surface area contributed by atoms with Gasteiger partial charge in [-0.1, -0.05) is 24.0 Å². The highest BCUT2D eigenvalue weighted by Crippen LogP contribution is 2.16. The van der Waals surface area contributed by atoms with E-state index in [0.717, 1.165) is 16.2 Å². The van der Waals surface area contributed by atoms with E-state index < -0.39 is 0 Å². The van der Waals surface area contributed by atoms with Crippen molar-refractivity contribution in [1.82, 2.24) is 5.32 Å². The van der Waals surface area contributed by atoms with Crippen molar-refractivity contribution in [2.24, 2.45) is 0 Å². The topological polar surface area (TPSA) is 58.6 Å². The molecule has 4 nitrogen and oxygen atoms in total. The summed E-state index contributed by atoms with van der Waals surface area (Å²) in [5, 5.41) is 11.5. The number of aliphatic hydroxyl groups is 1. The Bertz CT molecular complexity index is 665. The van der Waals surface area contributed by atoms with E-state index >= 15 is 0 Å². The Labute approximate surface area is 127 Å². The van der Waals surface area contributed by atoms with E-state index in [2.05, 4.69) is 17.2 Å². The minimum atomic E-state index is -0.184. The fourth-order valence-electron chi connectivity index (χ4n) is 1.67. The number of aliphatic hydroxyl groups excluding tert-OH is 1. The van der Waals surface area contributed by atoms with E-state index in [-0.39, 0.29) is 12.5 Å². The summed E-state index contributed by atoms with van der Waals surface area (Å²) in [6, 6.07) is 11.0. The molecule has 2 rings (SSSR count). The molecule has 1 aromatic carbocycles. The van der Waals surface area contributed by atoms with Crippen molar-refractivity contribution in [1.29, 1.82) is 0 Å². The van der Waals surface area contributed by atoms with E-state index in [1.807, 2.05) is 24.3 Å². The Kier molecular flexibility index (Phi) is 5.38. The molecule has 0 aliphatic carbocycles. The maximum atomic E-state index is 12.0. The van der Waals surface area contributed by atoms with E-state index in [1.165, 1.54) is 11.3 Å². The second-order valence-corrected chi connectivity index (χ2v) is 5.24. The summed E-state index contributed by atoms with van der Waals surface area (Å²) in [5.41, 5.74) is 1.00. The molecule has 2 aromatic rings. The molecular formula is C16H15NO3S. The largest absolute Gasteiger partial charge is 0.497 e. The fraction of sp³-hybridized carbons (Fsp3) is 0.188. The van der Waals surface area contributed by atoms with Gasteiger partial charge in [-0.25, -0.2) is 0 Å². The zero-order valence-electron chi connectivity index (χ0n) is 11.6. The molecule has 1 aromatic heterocycles. The van der Waals surface area contributed by atoms with E-state index in [9.17, 15) is 4.79 Å². The van der Waals surface area contributed by atoms with Crippen LogP contribution in [0.15, 0.2) is 36.4 Å². The monoisotopic (exact) mass is 301 g/mol. The molecule has 2 N–H and O–H groups in total. The van der Waals surface area contributed by atoms with Crippen LogP contribution < -0.4 is 10.1 Å². The van der Waals surface area contributed by atoms with Crippen LogP contribution >= 0.6 is 11.3 Å². The first-order valence-corrected chi connectivity index (χ1v) is 7.15. The molecule has 0 radical (unpaired) electrons. The lowest BCUT2D eigenvalue weighted by molar-refractivity contribution is 0.0955. The van der Waals surface area contributed by atoms with Crippen LogP contribution in [0.25, 0.3) is 0 Å². The molecule has 0 aliphatic heterocycles. The maximum absolute atomic E-state index is 12.0. The molecule has 0 aliphatic rings. The Morgan fingerprint density at radius 1 is 1.29 bits per heavy atom. The number of hydrogen-bond donors (Lipinski definition) is 2. The highest BCUT2D eigenvalue weighted by atomic mass is 32.1. The Hall–Kier alpha value is -2.29. The number of amides is 1. The number of carbonyl (C=O) groups is 1. The van der Waals surface area contributed by atoms with Crippen molar-refractivity contribution in [3.8, 4) is 17.6 Å². The SMILES string of the molecule is COc1ccc(CNC(=O)c2ccc(C#CCO)s2)cc1. The predicted octanol–water partition coefficient (Wildman–Crippen LogP) is 2.03. The highest BCUT2D eigenvalue weighted by Gasteiger charge is 2.08. The van der Waals surface area contributed by atoms with Gasteiger partial charge in [0.15, 0.2) is 0 Å². The zero-order chi connectivity index (χ0) is 15.1. The first-order chi connectivity index (χ1) is 10.2. The molecule has 108 valence electrons. The fourth-order valence-corrected chi connectivity index (χ4v) is 2.46. The number of rotatable bonds is 4. The van der Waals surface area contributed by atoms with Crippen molar-refractivity contribution < 1.29 is 14.6 Å². The van der Waals surface area contributed by atoms with Crippen molar-refractivity contribution in [2.45, 2.75) is 6.54 Å². The molecule has 5 heteroatoms. The predicted molar refractivity (Wildman–Crippen MR) is 82.4 cm³/mol. The van der Waals surface area contributed by atoms with Crippen molar-refractivity contribution >= 4 is 17.2 Å². The van der Waals surface area contributed by atoms with E-state index in [1.54, 1.807) is 19.2 Å². The van der Waals surface area contributed by atoms with Gasteiger partial charge in [0.2, 0.25) is 0 Å². The second kappa shape index (κ2) is 7.48. The third-order valence-corrected chi connectivity index (χ3v) is 3.73. The van der Waals surface area contributed by atoms with Crippen LogP contribution in [-0.2, 0) is 6.54 Å². The molecule has 1 heterocycles. The lowest BCUT2D eigenvalue weighted by atomic mass is 10.2. The third kappa shape index (κ3) is 4.35. The first-order valence-electron chi connectivity index (χ1n) is 6.33. The van der Waals surface area contributed by atoms with Crippen molar-refractivity contribution in [3.05, 3.63) is 51.7 Å². The number of benzene rings is 1. The second-order valence-electron chi connectivity index (χ2n) is 4.15. The van der Waals surface area contributed by atoms with Gasteiger partial charge in [0.1, 0.15) is 12.4 Å². The number of methoxy groups -OCH3 is 1. The highest BCUT2D eigenvalue weighted by molar-refractivity contribution is 7.14. The normalized spacial score (nSPS) is 9.62. The van der Waals surface area contributed by atoms with Gasteiger partial charge in [-0.3, -0.25) is 4.79 Å². The van der Waals surface area contributed by atoms with Gasteiger partial charge in [0.25, 0.3) is 5.91 Å². The van der Waals surface area contributed by atoms with Gasteiger partial charge >= 0.3 is 0 Å². The average molecular weight is 301 g/mol. The molecule has 0 saturated heterocycles. The number of thiophene rings is 1. The number of ether oxygens (including phenoxy) is 1. The van der Waals surface area contributed by atoms with Gasteiger partial charge in [-0.15, -0.1) is 11.3 Å². The summed E-state index contributed by atoms with van der Waals surface area (Å²) in [7, 11) is 1.62. The smallest absolute Gasteiger partial charge is 0.261 e. The van der Waals surface area contributed by atoms with E-state index in [4.69, 9.17) is 9.84 Å². The molecule has 0 spiro atoms. The number of nitrogens with one attached hydrogen (secondary N) is 1. The van der Waals surface area contributed by atoms with Crippen LogP contribution in [0, 0.1) is 11.8 Å². The average Bonchev–Trinajstić information content (AvgIpc) is 3.00. The Morgan fingerprint density at radius 2 is 2.05 bits per heavy atom. The molecule has 0 bridgehead atoms. The van der Waals surface area contributed by atoms with E-state index in [0.29, 0.717) is 11.4 Å². The minimum Gasteiger partial charge on any atom is -0.497 e. The zero-order valence-corrected chi connectivity index (χ0v) is 12.4. The number of carbonyl (C=O) groups excluding carboxylic acids is 1. The van der Waals surface area contributed by atoms with Crippen molar-refractivity contribution in [2.75, 3.05) is 13.7 Å². The van der Waals surface area contributed by atoms with Gasteiger partial charge in [0, 0.05) is 6.54 Å². The first kappa shape index (κ1) is 15.1. The molecule has 0 atom stereocenters. The summed E-state index contributed by atoms with van der Waals surface area (Å²) in [4.78, 5) is 13.4. The lowest BCUT2D eigenvalue weighted by Crippen LogP contribution is -2.21. The molecule has 0 unspecified atom stereocenters. The van der Waals surface area contributed by atoms with Crippen LogP contribution in [0.4, 0.5) is 0 Å². The standard InChI is InChI=1S/C16H15NO3S/c1-20-13-6-4-12(5-7-13)11-17-16(19)15-9-8-14(21-15)3-2-10-18/h4-9,18H,10-11H2,1H3,(H,17,19). The van der Waals surface area contributed by atoms with Crippen LogP contribution in [0.1, 0.15) is 20.1 Å². The summed E-state index contributed by atoms with van der Waals surface area (Å²) in [5.74, 6) is 5.99. The summed E-state index contributed by atoms with van der Waals surface area (Å²) in [6.45, 7) is 0.273. The van der Waals surface area contributed by atoms with Crippen molar-refractivity contribution in [3.63, 3.8) is 0 Å². The summed E-state index contributed by atoms with van der Waals surface area (Å²) in [6.07, 6.45) is 0. The van der Waals surface area contributed by atoms with Gasteiger partial charge < -0.3 is 15.2 Å². The van der Waals surface area contributed by atoms with Crippen LogP contribution in [0.5, 0.6) is 5.75 Å². The molecule has 1 amide bonds. The quantitative estimate of drug-likeness (QED) is 0.850. The molecule has 0 fully saturated rings. The maximum Gasteiger partial charge on any atom is 0.261 e.